The van der Waals surface area contributed by atoms with Crippen molar-refractivity contribution in [2.75, 3.05) is 31.5 Å². The van der Waals surface area contributed by atoms with Crippen molar-refractivity contribution in [3.05, 3.63) is 33.1 Å². The van der Waals surface area contributed by atoms with Crippen LogP contribution < -0.4 is 10.6 Å². The van der Waals surface area contributed by atoms with Gasteiger partial charge in [-0.25, -0.2) is 4.68 Å². The Labute approximate surface area is 145 Å². The molecule has 4 rings (SSSR count). The van der Waals surface area contributed by atoms with Gasteiger partial charge in [-0.2, -0.15) is 5.10 Å². The summed E-state index contributed by atoms with van der Waals surface area (Å²) in [4.78, 5) is 16.5. The van der Waals surface area contributed by atoms with Crippen LogP contribution in [0.5, 0.6) is 0 Å². The number of carbonyl (C=O) groups is 1. The third kappa shape index (κ3) is 2.93. The number of amides is 1. The largest absolute Gasteiger partial charge is 0.370 e. The highest BCUT2D eigenvalue weighted by Gasteiger charge is 2.23. The number of carbonyl (C=O) groups excluding carboxylic acids is 1. The second kappa shape index (κ2) is 6.57. The smallest absolute Gasteiger partial charge is 0.256 e. The molecule has 2 N–H and O–H groups in total. The zero-order chi connectivity index (χ0) is 16.5. The minimum Gasteiger partial charge on any atom is -0.370 e. The number of thiophene rings is 1. The summed E-state index contributed by atoms with van der Waals surface area (Å²) in [6.07, 6.45) is 2.18. The second-order valence-corrected chi connectivity index (χ2v) is 7.46. The van der Waals surface area contributed by atoms with Gasteiger partial charge in [-0.1, -0.05) is 0 Å². The highest BCUT2D eigenvalue weighted by atomic mass is 32.1. The monoisotopic (exact) mass is 345 g/mol. The van der Waals surface area contributed by atoms with Gasteiger partial charge in [-0.3, -0.25) is 9.69 Å². The van der Waals surface area contributed by atoms with Crippen molar-refractivity contribution < 1.29 is 4.79 Å². The summed E-state index contributed by atoms with van der Waals surface area (Å²) >= 11 is 1.86. The molecule has 128 valence electrons. The molecule has 7 heteroatoms. The van der Waals surface area contributed by atoms with E-state index >= 15 is 0 Å². The minimum atomic E-state index is -0.0172. The molecular formula is C17H23N5OS. The molecule has 0 unspecified atom stereocenters. The van der Waals surface area contributed by atoms with Crippen molar-refractivity contribution in [3.8, 4) is 0 Å². The average Bonchev–Trinajstić information content (AvgIpc) is 3.17. The summed E-state index contributed by atoms with van der Waals surface area (Å²) in [5.74, 6) is 0.855. The topological polar surface area (TPSA) is 62.2 Å². The average molecular weight is 345 g/mol. The van der Waals surface area contributed by atoms with E-state index in [1.54, 1.807) is 0 Å². The van der Waals surface area contributed by atoms with E-state index in [0.717, 1.165) is 57.1 Å². The van der Waals surface area contributed by atoms with E-state index in [0.29, 0.717) is 12.1 Å². The molecule has 6 nitrogen and oxygen atoms in total. The molecular weight excluding hydrogens is 322 g/mol. The van der Waals surface area contributed by atoms with Crippen LogP contribution in [-0.2, 0) is 19.5 Å². The molecule has 2 aliphatic rings. The number of hydrogen-bond donors (Lipinski definition) is 2. The van der Waals surface area contributed by atoms with Gasteiger partial charge < -0.3 is 10.6 Å². The lowest BCUT2D eigenvalue weighted by molar-refractivity contribution is 0.0947. The predicted molar refractivity (Wildman–Crippen MR) is 95.7 cm³/mol. The van der Waals surface area contributed by atoms with E-state index in [9.17, 15) is 4.79 Å². The molecule has 0 aliphatic carbocycles. The SMILES string of the molecule is Cc1nn2c(c1C(=O)NCCN1CCc3sccc3C1)NCCC2. The maximum Gasteiger partial charge on any atom is 0.256 e. The van der Waals surface area contributed by atoms with Crippen molar-refractivity contribution in [1.29, 1.82) is 0 Å². The Kier molecular flexibility index (Phi) is 4.28. The van der Waals surface area contributed by atoms with E-state index in [4.69, 9.17) is 0 Å². The zero-order valence-corrected chi connectivity index (χ0v) is 14.8. The fourth-order valence-electron chi connectivity index (χ4n) is 3.54. The van der Waals surface area contributed by atoms with Crippen LogP contribution in [0, 0.1) is 6.92 Å². The summed E-state index contributed by atoms with van der Waals surface area (Å²) in [5, 5.41) is 13.0. The first-order chi connectivity index (χ1) is 11.7. The first-order valence-corrected chi connectivity index (χ1v) is 9.47. The van der Waals surface area contributed by atoms with E-state index in [1.807, 2.05) is 22.9 Å². The summed E-state index contributed by atoms with van der Waals surface area (Å²) < 4.78 is 1.91. The summed E-state index contributed by atoms with van der Waals surface area (Å²) in [7, 11) is 0. The molecule has 0 fully saturated rings. The van der Waals surface area contributed by atoms with Crippen LogP contribution in [0.25, 0.3) is 0 Å². The van der Waals surface area contributed by atoms with Gasteiger partial charge >= 0.3 is 0 Å². The standard InChI is InChI=1S/C17H23N5OS/c1-12-15(16-18-5-2-7-22(16)20-12)17(23)19-6-9-21-8-3-14-13(11-21)4-10-24-14/h4,10,18H,2-3,5-9,11H2,1H3,(H,19,23). The van der Waals surface area contributed by atoms with Crippen molar-refractivity contribution >= 4 is 23.1 Å². The van der Waals surface area contributed by atoms with Gasteiger partial charge in [-0.05, 0) is 36.8 Å². The number of aromatic nitrogens is 2. The molecule has 0 saturated heterocycles. The van der Waals surface area contributed by atoms with Gasteiger partial charge in [0, 0.05) is 44.1 Å². The highest BCUT2D eigenvalue weighted by Crippen LogP contribution is 2.24. The molecule has 0 aromatic carbocycles. The van der Waals surface area contributed by atoms with Crippen molar-refractivity contribution in [2.45, 2.75) is 32.9 Å². The lowest BCUT2D eigenvalue weighted by atomic mass is 10.1. The van der Waals surface area contributed by atoms with Crippen molar-refractivity contribution in [1.82, 2.24) is 20.0 Å². The maximum absolute atomic E-state index is 12.6. The van der Waals surface area contributed by atoms with Crippen molar-refractivity contribution in [3.63, 3.8) is 0 Å². The predicted octanol–water partition coefficient (Wildman–Crippen LogP) is 1.86. The quantitative estimate of drug-likeness (QED) is 0.888. The number of nitrogens with zero attached hydrogens (tertiary/aromatic N) is 3. The van der Waals surface area contributed by atoms with Gasteiger partial charge in [-0.15, -0.1) is 11.3 Å². The van der Waals surface area contributed by atoms with Crippen LogP contribution in [-0.4, -0.2) is 46.8 Å². The third-order valence-corrected chi connectivity index (χ3v) is 5.82. The molecule has 0 atom stereocenters. The van der Waals surface area contributed by atoms with Crippen LogP contribution in [0.3, 0.4) is 0 Å². The number of anilines is 1. The zero-order valence-electron chi connectivity index (χ0n) is 14.0. The van der Waals surface area contributed by atoms with Gasteiger partial charge in [0.25, 0.3) is 5.91 Å². The first kappa shape index (κ1) is 15.7. The van der Waals surface area contributed by atoms with Gasteiger partial charge in [0.2, 0.25) is 0 Å². The fourth-order valence-corrected chi connectivity index (χ4v) is 4.43. The molecule has 0 bridgehead atoms. The normalized spacial score (nSPS) is 17.0. The summed E-state index contributed by atoms with van der Waals surface area (Å²) in [5.41, 5.74) is 2.95. The van der Waals surface area contributed by atoms with Crippen LogP contribution in [0.2, 0.25) is 0 Å². The van der Waals surface area contributed by atoms with Crippen LogP contribution in [0.15, 0.2) is 11.4 Å². The van der Waals surface area contributed by atoms with E-state index < -0.39 is 0 Å². The summed E-state index contributed by atoms with van der Waals surface area (Å²) in [6.45, 7) is 7.32. The molecule has 4 heterocycles. The van der Waals surface area contributed by atoms with Crippen LogP contribution in [0.1, 0.15) is 32.9 Å². The van der Waals surface area contributed by atoms with Crippen LogP contribution in [0.4, 0.5) is 5.82 Å². The van der Waals surface area contributed by atoms with Crippen molar-refractivity contribution in [2.24, 2.45) is 0 Å². The van der Waals surface area contributed by atoms with Gasteiger partial charge in [0.05, 0.1) is 5.69 Å². The second-order valence-electron chi connectivity index (χ2n) is 6.46. The maximum atomic E-state index is 12.6. The van der Waals surface area contributed by atoms with Gasteiger partial charge in [0.15, 0.2) is 0 Å². The molecule has 24 heavy (non-hydrogen) atoms. The Bertz CT molecular complexity index is 750. The third-order valence-electron chi connectivity index (χ3n) is 4.79. The molecule has 0 spiro atoms. The minimum absolute atomic E-state index is 0.0172. The highest BCUT2D eigenvalue weighted by molar-refractivity contribution is 7.10. The Hall–Kier alpha value is -1.86. The Morgan fingerprint density at radius 1 is 1.46 bits per heavy atom. The van der Waals surface area contributed by atoms with Crippen LogP contribution >= 0.6 is 11.3 Å². The number of fused-ring (bicyclic) bond motifs is 2. The van der Waals surface area contributed by atoms with E-state index in [-0.39, 0.29) is 5.91 Å². The molecule has 2 aliphatic heterocycles. The lowest BCUT2D eigenvalue weighted by Crippen LogP contribution is -2.37. The number of nitrogens with one attached hydrogen (secondary N) is 2. The van der Waals surface area contributed by atoms with E-state index in [1.165, 1.54) is 10.4 Å². The molecule has 0 saturated carbocycles. The molecule has 2 aromatic heterocycles. The van der Waals surface area contributed by atoms with Gasteiger partial charge in [0.1, 0.15) is 11.4 Å². The number of rotatable bonds is 4. The lowest BCUT2D eigenvalue weighted by Gasteiger charge is -2.26. The molecule has 1 amide bonds. The Morgan fingerprint density at radius 2 is 2.38 bits per heavy atom. The summed E-state index contributed by atoms with van der Waals surface area (Å²) in [6, 6.07) is 2.22. The number of hydrogen-bond acceptors (Lipinski definition) is 5. The van der Waals surface area contributed by atoms with E-state index in [2.05, 4.69) is 32.1 Å². The first-order valence-electron chi connectivity index (χ1n) is 8.59. The number of aryl methyl sites for hydroxylation is 2. The Balaban J connectivity index is 1.34. The molecule has 2 aromatic rings. The fraction of sp³-hybridized carbons (Fsp3) is 0.529. The molecule has 0 radical (unpaired) electrons. The Morgan fingerprint density at radius 3 is 3.29 bits per heavy atom.